The Kier molecular flexibility index (Phi) is 4.51. The number of aromatic nitrogens is 1. The summed E-state index contributed by atoms with van der Waals surface area (Å²) in [5.41, 5.74) is 3.67. The van der Waals surface area contributed by atoms with Gasteiger partial charge in [-0.05, 0) is 12.1 Å². The molecule has 2 aromatic carbocycles. The van der Waals surface area contributed by atoms with Gasteiger partial charge in [-0.3, -0.25) is 0 Å². The Hall–Kier alpha value is -1.89. The lowest BCUT2D eigenvalue weighted by Crippen LogP contribution is -2.13. The van der Waals surface area contributed by atoms with Gasteiger partial charge in [-0.1, -0.05) is 42.1 Å². The fraction of sp³-hybridized carbons (Fsp3) is 0.167. The smallest absolute Gasteiger partial charge is 0.189 e. The first-order valence-electron chi connectivity index (χ1n) is 7.45. The van der Waals surface area contributed by atoms with Crippen LogP contribution >= 0.6 is 23.1 Å². The molecule has 0 amide bonds. The number of thioether (sulfide) groups is 1. The van der Waals surface area contributed by atoms with Crippen LogP contribution in [0.15, 0.2) is 52.2 Å². The van der Waals surface area contributed by atoms with Crippen LogP contribution in [0.25, 0.3) is 11.3 Å². The van der Waals surface area contributed by atoms with Gasteiger partial charge in [0, 0.05) is 27.8 Å². The van der Waals surface area contributed by atoms with Crippen molar-refractivity contribution in [2.24, 2.45) is 0 Å². The SMILES string of the molecule is Fc1cc2c(c(CSc3nc(-c4ccccc4)cs3)c1)OCOC2. The van der Waals surface area contributed by atoms with Crippen molar-refractivity contribution in [2.45, 2.75) is 16.7 Å². The standard InChI is InChI=1S/C18H14FNO2S2/c19-15-6-13-8-21-11-22-17(13)14(7-15)9-23-18-20-16(10-24-18)12-4-2-1-3-5-12/h1-7,10H,8-9,11H2. The number of hydrogen-bond donors (Lipinski definition) is 0. The van der Waals surface area contributed by atoms with Crippen LogP contribution in [-0.4, -0.2) is 11.8 Å². The number of hydrogen-bond acceptors (Lipinski definition) is 5. The van der Waals surface area contributed by atoms with Crippen LogP contribution in [-0.2, 0) is 17.1 Å². The summed E-state index contributed by atoms with van der Waals surface area (Å²) in [6.45, 7) is 0.603. The van der Waals surface area contributed by atoms with E-state index in [-0.39, 0.29) is 12.6 Å². The molecule has 24 heavy (non-hydrogen) atoms. The Balaban J connectivity index is 1.52. The van der Waals surface area contributed by atoms with Crippen LogP contribution in [0.3, 0.4) is 0 Å². The van der Waals surface area contributed by atoms with Crippen molar-refractivity contribution in [2.75, 3.05) is 6.79 Å². The summed E-state index contributed by atoms with van der Waals surface area (Å²) in [5, 5.41) is 2.04. The zero-order chi connectivity index (χ0) is 16.4. The van der Waals surface area contributed by atoms with Gasteiger partial charge < -0.3 is 9.47 Å². The van der Waals surface area contributed by atoms with Gasteiger partial charge in [0.15, 0.2) is 11.1 Å². The van der Waals surface area contributed by atoms with Gasteiger partial charge >= 0.3 is 0 Å². The topological polar surface area (TPSA) is 31.4 Å². The van der Waals surface area contributed by atoms with E-state index in [0.29, 0.717) is 12.4 Å². The van der Waals surface area contributed by atoms with E-state index in [1.54, 1.807) is 23.1 Å². The summed E-state index contributed by atoms with van der Waals surface area (Å²) in [6.07, 6.45) is 0. The number of fused-ring (bicyclic) bond motifs is 1. The van der Waals surface area contributed by atoms with Gasteiger partial charge in [0.05, 0.1) is 12.3 Å². The third kappa shape index (κ3) is 3.31. The van der Waals surface area contributed by atoms with E-state index in [0.717, 1.165) is 32.5 Å². The molecule has 0 saturated carbocycles. The molecule has 3 nitrogen and oxygen atoms in total. The fourth-order valence-corrected chi connectivity index (χ4v) is 4.37. The number of rotatable bonds is 4. The van der Waals surface area contributed by atoms with Gasteiger partial charge in [0.1, 0.15) is 11.6 Å². The third-order valence-electron chi connectivity index (χ3n) is 3.66. The molecule has 3 aromatic rings. The Labute approximate surface area is 147 Å². The molecular formula is C18H14FNO2S2. The summed E-state index contributed by atoms with van der Waals surface area (Å²) in [7, 11) is 0. The lowest BCUT2D eigenvalue weighted by molar-refractivity contribution is -0.0171. The summed E-state index contributed by atoms with van der Waals surface area (Å²) in [5.74, 6) is 1.10. The largest absolute Gasteiger partial charge is 0.467 e. The highest BCUT2D eigenvalue weighted by Gasteiger charge is 2.17. The zero-order valence-corrected chi connectivity index (χ0v) is 14.3. The lowest BCUT2D eigenvalue weighted by atomic mass is 10.1. The van der Waals surface area contributed by atoms with Gasteiger partial charge in [-0.2, -0.15) is 0 Å². The average molecular weight is 359 g/mol. The number of benzene rings is 2. The predicted octanol–water partition coefficient (Wildman–Crippen LogP) is 5.11. The Bertz CT molecular complexity index is 851. The molecule has 0 atom stereocenters. The van der Waals surface area contributed by atoms with Crippen molar-refractivity contribution in [1.82, 2.24) is 4.98 Å². The van der Waals surface area contributed by atoms with Crippen LogP contribution in [0.5, 0.6) is 5.75 Å². The van der Waals surface area contributed by atoms with Crippen LogP contribution in [0, 0.1) is 5.82 Å². The molecule has 0 aliphatic carbocycles. The first-order valence-corrected chi connectivity index (χ1v) is 9.32. The van der Waals surface area contributed by atoms with Crippen molar-refractivity contribution in [1.29, 1.82) is 0 Å². The molecule has 0 spiro atoms. The minimum absolute atomic E-state index is 0.214. The minimum atomic E-state index is -0.262. The van der Waals surface area contributed by atoms with Crippen molar-refractivity contribution < 1.29 is 13.9 Å². The van der Waals surface area contributed by atoms with Crippen LogP contribution in [0.2, 0.25) is 0 Å². The predicted molar refractivity (Wildman–Crippen MR) is 93.8 cm³/mol. The normalized spacial score (nSPS) is 13.4. The van der Waals surface area contributed by atoms with Crippen LogP contribution in [0.4, 0.5) is 4.39 Å². The molecule has 0 unspecified atom stereocenters. The average Bonchev–Trinajstić information content (AvgIpc) is 3.09. The second kappa shape index (κ2) is 6.93. The number of halogens is 1. The van der Waals surface area contributed by atoms with Crippen molar-refractivity contribution in [3.8, 4) is 17.0 Å². The van der Waals surface area contributed by atoms with Crippen molar-refractivity contribution in [3.05, 3.63) is 64.8 Å². The first-order chi connectivity index (χ1) is 11.8. The molecule has 0 radical (unpaired) electrons. The molecule has 1 aliphatic heterocycles. The summed E-state index contributed by atoms with van der Waals surface area (Å²) in [6, 6.07) is 13.1. The molecule has 6 heteroatoms. The fourth-order valence-electron chi connectivity index (χ4n) is 2.57. The van der Waals surface area contributed by atoms with E-state index in [1.807, 2.05) is 35.7 Å². The molecular weight excluding hydrogens is 345 g/mol. The number of ether oxygens (including phenoxy) is 2. The van der Waals surface area contributed by atoms with Gasteiger partial charge in [0.2, 0.25) is 0 Å². The molecule has 0 saturated heterocycles. The highest BCUT2D eigenvalue weighted by molar-refractivity contribution is 8.00. The zero-order valence-electron chi connectivity index (χ0n) is 12.7. The minimum Gasteiger partial charge on any atom is -0.467 e. The molecule has 0 N–H and O–H groups in total. The third-order valence-corrected chi connectivity index (χ3v) is 5.73. The van der Waals surface area contributed by atoms with E-state index in [2.05, 4.69) is 4.98 Å². The van der Waals surface area contributed by atoms with Crippen LogP contribution in [0.1, 0.15) is 11.1 Å². The molecule has 0 bridgehead atoms. The highest BCUT2D eigenvalue weighted by atomic mass is 32.2. The van der Waals surface area contributed by atoms with Gasteiger partial charge in [-0.15, -0.1) is 11.3 Å². The monoisotopic (exact) mass is 359 g/mol. The Morgan fingerprint density at radius 3 is 2.96 bits per heavy atom. The quantitative estimate of drug-likeness (QED) is 0.606. The van der Waals surface area contributed by atoms with E-state index >= 15 is 0 Å². The number of thiazole rings is 1. The summed E-state index contributed by atoms with van der Waals surface area (Å²) < 4.78 is 25.5. The molecule has 1 aromatic heterocycles. The van der Waals surface area contributed by atoms with E-state index < -0.39 is 0 Å². The van der Waals surface area contributed by atoms with E-state index in [1.165, 1.54) is 12.1 Å². The summed E-state index contributed by atoms with van der Waals surface area (Å²) in [4.78, 5) is 4.65. The maximum atomic E-state index is 13.8. The molecule has 1 aliphatic rings. The maximum Gasteiger partial charge on any atom is 0.189 e. The van der Waals surface area contributed by atoms with Crippen molar-refractivity contribution >= 4 is 23.1 Å². The Morgan fingerprint density at radius 2 is 2.08 bits per heavy atom. The molecule has 122 valence electrons. The highest BCUT2D eigenvalue weighted by Crippen LogP contribution is 2.35. The maximum absolute atomic E-state index is 13.8. The summed E-state index contributed by atoms with van der Waals surface area (Å²) >= 11 is 3.19. The van der Waals surface area contributed by atoms with Gasteiger partial charge in [0.25, 0.3) is 0 Å². The Morgan fingerprint density at radius 1 is 1.21 bits per heavy atom. The van der Waals surface area contributed by atoms with E-state index in [4.69, 9.17) is 9.47 Å². The molecule has 0 fully saturated rings. The van der Waals surface area contributed by atoms with Crippen LogP contribution < -0.4 is 4.74 Å². The molecule has 4 rings (SSSR count). The first kappa shape index (κ1) is 15.6. The lowest BCUT2D eigenvalue weighted by Gasteiger charge is -2.20. The van der Waals surface area contributed by atoms with Crippen molar-refractivity contribution in [3.63, 3.8) is 0 Å². The van der Waals surface area contributed by atoms with E-state index in [9.17, 15) is 4.39 Å². The van der Waals surface area contributed by atoms with Gasteiger partial charge in [-0.25, -0.2) is 9.37 Å². The second-order valence-corrected chi connectivity index (χ2v) is 7.40. The second-order valence-electron chi connectivity index (χ2n) is 5.32. The molecule has 2 heterocycles. The number of nitrogens with zero attached hydrogens (tertiary/aromatic N) is 1.